The van der Waals surface area contributed by atoms with Crippen molar-refractivity contribution in [1.29, 1.82) is 0 Å². The largest absolute Gasteiger partial charge is 0.493 e. The lowest BCUT2D eigenvalue weighted by Gasteiger charge is -2.26. The Morgan fingerprint density at radius 2 is 1.53 bits per heavy atom. The number of esters is 1. The smallest absolute Gasteiger partial charge is 0.310 e. The van der Waals surface area contributed by atoms with Crippen LogP contribution in [0.15, 0.2) is 18.2 Å². The summed E-state index contributed by atoms with van der Waals surface area (Å²) in [6.07, 6.45) is 0.315. The summed E-state index contributed by atoms with van der Waals surface area (Å²) < 4.78 is 33.1. The van der Waals surface area contributed by atoms with E-state index in [0.29, 0.717) is 51.9 Å². The summed E-state index contributed by atoms with van der Waals surface area (Å²) in [5.41, 5.74) is 2.52. The molecule has 1 aliphatic carbocycles. The minimum Gasteiger partial charge on any atom is -0.493 e. The Balaban J connectivity index is 1.86. The minimum absolute atomic E-state index is 0.0654. The van der Waals surface area contributed by atoms with Crippen LogP contribution in [-0.4, -0.2) is 46.5 Å². The van der Waals surface area contributed by atoms with Gasteiger partial charge in [-0.3, -0.25) is 9.59 Å². The second-order valence-corrected chi connectivity index (χ2v) is 7.34. The summed E-state index contributed by atoms with van der Waals surface area (Å²) in [6.45, 7) is 0.145. The molecule has 5 rings (SSSR count). The summed E-state index contributed by atoms with van der Waals surface area (Å²) in [5, 5.41) is 0. The Morgan fingerprint density at radius 3 is 2.20 bits per heavy atom. The molecule has 0 bridgehead atoms. The number of hydrogen-bond donors (Lipinski definition) is 0. The van der Waals surface area contributed by atoms with Gasteiger partial charge in [-0.15, -0.1) is 0 Å². The Labute approximate surface area is 172 Å². The Morgan fingerprint density at radius 1 is 0.833 bits per heavy atom. The van der Waals surface area contributed by atoms with Gasteiger partial charge in [0.15, 0.2) is 28.8 Å². The lowest BCUT2D eigenvalue weighted by molar-refractivity contribution is -0.141. The van der Waals surface area contributed by atoms with E-state index in [1.54, 1.807) is 12.1 Å². The van der Waals surface area contributed by atoms with Crippen molar-refractivity contribution in [3.63, 3.8) is 0 Å². The Hall–Kier alpha value is -3.42. The van der Waals surface area contributed by atoms with Crippen LogP contribution in [0.25, 0.3) is 11.1 Å². The molecule has 0 N–H and O–H groups in total. The molecule has 0 unspecified atom stereocenters. The van der Waals surface area contributed by atoms with Gasteiger partial charge < -0.3 is 28.4 Å². The lowest BCUT2D eigenvalue weighted by atomic mass is 9.77. The van der Waals surface area contributed by atoms with Crippen LogP contribution >= 0.6 is 0 Å². The number of ether oxygens (including phenoxy) is 6. The molecule has 1 saturated heterocycles. The maximum atomic E-state index is 13.5. The van der Waals surface area contributed by atoms with E-state index in [1.165, 1.54) is 21.3 Å². The molecule has 3 aliphatic rings. The molecule has 2 heterocycles. The van der Waals surface area contributed by atoms with Crippen LogP contribution < -0.4 is 23.7 Å². The van der Waals surface area contributed by atoms with Gasteiger partial charge in [-0.1, -0.05) is 0 Å². The predicted molar refractivity (Wildman–Crippen MR) is 104 cm³/mol. The highest BCUT2D eigenvalue weighted by molar-refractivity contribution is 6.08. The van der Waals surface area contributed by atoms with Crippen LogP contribution in [0.3, 0.4) is 0 Å². The van der Waals surface area contributed by atoms with Crippen molar-refractivity contribution in [2.24, 2.45) is 11.8 Å². The van der Waals surface area contributed by atoms with Gasteiger partial charge in [0, 0.05) is 16.7 Å². The maximum absolute atomic E-state index is 13.5. The maximum Gasteiger partial charge on any atom is 0.310 e. The van der Waals surface area contributed by atoms with E-state index in [4.69, 9.17) is 28.4 Å². The molecule has 0 aromatic heterocycles. The standard InChI is InChI=1S/C22H20O8/c1-25-17-5-10-4-13-14(8-28-22(13)24)19(23)12-7-16-15(29-9-30-16)6-11(12)18(10)21(27-3)20(17)26-2/h5-7,13-14H,4,8-9H2,1-3H3/t13-,14-/m1/s1. The third-order valence-electron chi connectivity index (χ3n) is 5.93. The van der Waals surface area contributed by atoms with Crippen LogP contribution in [0.5, 0.6) is 28.7 Å². The zero-order chi connectivity index (χ0) is 21.0. The average Bonchev–Trinajstić information content (AvgIpc) is 3.36. The molecule has 0 amide bonds. The average molecular weight is 412 g/mol. The van der Waals surface area contributed by atoms with Crippen LogP contribution in [0, 0.1) is 11.8 Å². The first-order valence-corrected chi connectivity index (χ1v) is 9.54. The van der Waals surface area contributed by atoms with Gasteiger partial charge in [0.25, 0.3) is 0 Å². The van der Waals surface area contributed by atoms with Crippen LogP contribution in [0.4, 0.5) is 0 Å². The van der Waals surface area contributed by atoms with E-state index in [2.05, 4.69) is 0 Å². The zero-order valence-electron chi connectivity index (χ0n) is 16.8. The van der Waals surface area contributed by atoms with Gasteiger partial charge in [0.1, 0.15) is 6.61 Å². The number of Topliss-reactive ketones (excluding diaryl/α,β-unsaturated/α-hetero) is 1. The first-order valence-electron chi connectivity index (χ1n) is 9.54. The number of benzene rings is 2. The summed E-state index contributed by atoms with van der Waals surface area (Å²) in [5.74, 6) is 0.641. The number of rotatable bonds is 3. The van der Waals surface area contributed by atoms with Crippen molar-refractivity contribution < 1.29 is 38.0 Å². The van der Waals surface area contributed by atoms with E-state index in [-0.39, 0.29) is 25.2 Å². The molecule has 30 heavy (non-hydrogen) atoms. The highest BCUT2D eigenvalue weighted by Crippen LogP contribution is 2.52. The first kappa shape index (κ1) is 18.6. The van der Waals surface area contributed by atoms with E-state index in [9.17, 15) is 9.59 Å². The van der Waals surface area contributed by atoms with E-state index in [0.717, 1.165) is 5.56 Å². The van der Waals surface area contributed by atoms with Crippen molar-refractivity contribution in [1.82, 2.24) is 0 Å². The van der Waals surface area contributed by atoms with Crippen molar-refractivity contribution in [2.45, 2.75) is 6.42 Å². The van der Waals surface area contributed by atoms with Gasteiger partial charge in [0.2, 0.25) is 12.5 Å². The molecule has 1 fully saturated rings. The molecule has 2 atom stereocenters. The van der Waals surface area contributed by atoms with Crippen molar-refractivity contribution in [2.75, 3.05) is 34.7 Å². The summed E-state index contributed by atoms with van der Waals surface area (Å²) in [6, 6.07) is 5.27. The molecule has 2 aromatic carbocycles. The Bertz CT molecular complexity index is 1070. The molecule has 2 aromatic rings. The number of fused-ring (bicyclic) bond motifs is 5. The molecule has 0 saturated carbocycles. The van der Waals surface area contributed by atoms with Crippen molar-refractivity contribution in [3.05, 3.63) is 29.3 Å². The van der Waals surface area contributed by atoms with Crippen LogP contribution in [0.2, 0.25) is 0 Å². The topological polar surface area (TPSA) is 89.5 Å². The molecule has 8 nitrogen and oxygen atoms in total. The fraction of sp³-hybridized carbons (Fsp3) is 0.364. The van der Waals surface area contributed by atoms with Gasteiger partial charge in [-0.25, -0.2) is 0 Å². The number of carbonyl (C=O) groups is 2. The molecular formula is C22H20O8. The van der Waals surface area contributed by atoms with E-state index in [1.807, 2.05) is 6.07 Å². The number of methoxy groups -OCH3 is 3. The molecule has 2 aliphatic heterocycles. The third-order valence-corrected chi connectivity index (χ3v) is 5.93. The lowest BCUT2D eigenvalue weighted by Crippen LogP contribution is -2.28. The second kappa shape index (κ2) is 6.83. The van der Waals surface area contributed by atoms with Gasteiger partial charge in [-0.2, -0.15) is 0 Å². The third kappa shape index (κ3) is 2.52. The quantitative estimate of drug-likeness (QED) is 0.711. The van der Waals surface area contributed by atoms with Crippen molar-refractivity contribution in [3.8, 4) is 39.9 Å². The zero-order valence-corrected chi connectivity index (χ0v) is 16.8. The van der Waals surface area contributed by atoms with E-state index >= 15 is 0 Å². The summed E-state index contributed by atoms with van der Waals surface area (Å²) >= 11 is 0. The minimum atomic E-state index is -0.586. The van der Waals surface area contributed by atoms with Gasteiger partial charge >= 0.3 is 5.97 Å². The van der Waals surface area contributed by atoms with Gasteiger partial charge in [-0.05, 0) is 30.2 Å². The number of hydrogen-bond acceptors (Lipinski definition) is 8. The number of carbonyl (C=O) groups excluding carboxylic acids is 2. The number of ketones is 1. The molecule has 0 spiro atoms. The molecule has 0 radical (unpaired) electrons. The molecule has 8 heteroatoms. The van der Waals surface area contributed by atoms with E-state index < -0.39 is 11.8 Å². The van der Waals surface area contributed by atoms with Gasteiger partial charge in [0.05, 0.1) is 33.2 Å². The predicted octanol–water partition coefficient (Wildman–Crippen LogP) is 2.64. The monoisotopic (exact) mass is 412 g/mol. The molecular weight excluding hydrogens is 392 g/mol. The fourth-order valence-electron chi connectivity index (χ4n) is 4.50. The summed E-state index contributed by atoms with van der Waals surface area (Å²) in [7, 11) is 4.58. The van der Waals surface area contributed by atoms with Crippen molar-refractivity contribution >= 4 is 11.8 Å². The number of cyclic esters (lactones) is 1. The normalized spacial score (nSPS) is 21.0. The Kier molecular flexibility index (Phi) is 4.23. The highest BCUT2D eigenvalue weighted by Gasteiger charge is 2.45. The second-order valence-electron chi connectivity index (χ2n) is 7.34. The highest BCUT2D eigenvalue weighted by atomic mass is 16.7. The summed E-state index contributed by atoms with van der Waals surface area (Å²) in [4.78, 5) is 25.9. The first-order chi connectivity index (χ1) is 14.6. The fourth-order valence-corrected chi connectivity index (χ4v) is 4.50. The van der Waals surface area contributed by atoms with Crippen LogP contribution in [0.1, 0.15) is 15.9 Å². The SMILES string of the molecule is COc1cc2c(c(OC)c1OC)-c1cc3c(cc1C(=O)[C@@H]1COC(=O)[C@@H]1C2)OCO3. The van der Waals surface area contributed by atoms with Crippen LogP contribution in [-0.2, 0) is 16.0 Å². The molecule has 156 valence electrons.